The number of ether oxygens (including phenoxy) is 1. The lowest BCUT2D eigenvalue weighted by atomic mass is 10.1. The summed E-state index contributed by atoms with van der Waals surface area (Å²) < 4.78 is 5.05. The average Bonchev–Trinajstić information content (AvgIpc) is 2.77. The van der Waals surface area contributed by atoms with E-state index in [9.17, 15) is 9.59 Å². The third-order valence-electron chi connectivity index (χ3n) is 2.68. The molecule has 1 saturated heterocycles. The molecule has 0 saturated carbocycles. The summed E-state index contributed by atoms with van der Waals surface area (Å²) in [5.41, 5.74) is 2.10. The first-order valence-corrected chi connectivity index (χ1v) is 5.61. The molecule has 0 unspecified atom stereocenters. The number of rotatable bonds is 4. The summed E-state index contributed by atoms with van der Waals surface area (Å²) in [6.45, 7) is 3.43. The number of amides is 2. The highest BCUT2D eigenvalue weighted by Crippen LogP contribution is 2.16. The average molecular weight is 229 g/mol. The Morgan fingerprint density at radius 2 is 2.31 bits per heavy atom. The number of hydrazine groups is 1. The number of nitrogens with two attached hydrogens (primary N) is 1. The predicted molar refractivity (Wildman–Crippen MR) is 58.3 cm³/mol. The molecule has 0 aromatic rings. The normalized spacial score (nSPS) is 19.6. The Balaban J connectivity index is 2.29. The van der Waals surface area contributed by atoms with Gasteiger partial charge in [0.2, 0.25) is 5.91 Å². The van der Waals surface area contributed by atoms with E-state index in [4.69, 9.17) is 10.6 Å². The summed E-state index contributed by atoms with van der Waals surface area (Å²) >= 11 is 0. The summed E-state index contributed by atoms with van der Waals surface area (Å²) in [6.07, 6.45) is 2.17. The van der Waals surface area contributed by atoms with Crippen molar-refractivity contribution in [3.63, 3.8) is 0 Å². The molecule has 0 aromatic heterocycles. The summed E-state index contributed by atoms with van der Waals surface area (Å²) in [5.74, 6) is 4.61. The van der Waals surface area contributed by atoms with E-state index in [-0.39, 0.29) is 17.9 Å². The van der Waals surface area contributed by atoms with E-state index in [2.05, 4.69) is 5.43 Å². The molecule has 0 bridgehead atoms. The summed E-state index contributed by atoms with van der Waals surface area (Å²) in [5, 5.41) is 0. The summed E-state index contributed by atoms with van der Waals surface area (Å²) in [4.78, 5) is 24.3. The number of likely N-dealkylation sites (tertiary alicyclic amines) is 1. The van der Waals surface area contributed by atoms with Crippen LogP contribution in [0.1, 0.15) is 26.2 Å². The maximum absolute atomic E-state index is 11.5. The fraction of sp³-hybridized carbons (Fsp3) is 0.800. The highest BCUT2D eigenvalue weighted by Gasteiger charge is 2.31. The zero-order valence-electron chi connectivity index (χ0n) is 9.57. The van der Waals surface area contributed by atoms with Gasteiger partial charge in [0.05, 0.1) is 12.5 Å². The van der Waals surface area contributed by atoms with Crippen molar-refractivity contribution in [1.82, 2.24) is 10.3 Å². The predicted octanol–water partition coefficient (Wildman–Crippen LogP) is 0.235. The minimum atomic E-state index is -0.333. The number of carbonyl (C=O) groups is 2. The number of carbonyl (C=O) groups excluding carboxylic acids is 2. The zero-order chi connectivity index (χ0) is 12.0. The molecule has 16 heavy (non-hydrogen) atoms. The first-order chi connectivity index (χ1) is 7.69. The van der Waals surface area contributed by atoms with Crippen LogP contribution in [0.4, 0.5) is 4.79 Å². The van der Waals surface area contributed by atoms with Crippen LogP contribution < -0.4 is 11.3 Å². The molecule has 1 atom stereocenters. The van der Waals surface area contributed by atoms with Crippen molar-refractivity contribution < 1.29 is 14.3 Å². The van der Waals surface area contributed by atoms with E-state index in [0.717, 1.165) is 12.8 Å². The third kappa shape index (κ3) is 3.37. The number of hydrogen-bond acceptors (Lipinski definition) is 4. The highest BCUT2D eigenvalue weighted by molar-refractivity contribution is 5.79. The van der Waals surface area contributed by atoms with Crippen molar-refractivity contribution >= 4 is 12.0 Å². The first kappa shape index (κ1) is 12.8. The van der Waals surface area contributed by atoms with Gasteiger partial charge in [0.1, 0.15) is 0 Å². The van der Waals surface area contributed by atoms with Crippen molar-refractivity contribution in [2.45, 2.75) is 26.2 Å². The van der Waals surface area contributed by atoms with Crippen LogP contribution in [0.15, 0.2) is 0 Å². The minimum absolute atomic E-state index is 0.205. The van der Waals surface area contributed by atoms with Gasteiger partial charge in [-0.1, -0.05) is 13.3 Å². The Bertz CT molecular complexity index is 258. The number of hydrogen-bond donors (Lipinski definition) is 2. The van der Waals surface area contributed by atoms with Gasteiger partial charge in [0.25, 0.3) is 0 Å². The van der Waals surface area contributed by atoms with Crippen LogP contribution in [0.5, 0.6) is 0 Å². The molecular formula is C10H19N3O3. The fourth-order valence-corrected chi connectivity index (χ4v) is 1.65. The quantitative estimate of drug-likeness (QED) is 0.313. The molecule has 1 rings (SSSR count). The standard InChI is InChI=1S/C10H19N3O3/c1-2-3-6-16-10(15)13-5-4-8(7-13)9(14)12-11/h8H,2-7,11H2,1H3,(H,12,14)/t8-/m0/s1. The van der Waals surface area contributed by atoms with Crippen molar-refractivity contribution in [1.29, 1.82) is 0 Å². The summed E-state index contributed by atoms with van der Waals surface area (Å²) in [6, 6.07) is 0. The Labute approximate surface area is 95.1 Å². The molecule has 0 spiro atoms. The summed E-state index contributed by atoms with van der Waals surface area (Å²) in [7, 11) is 0. The van der Waals surface area contributed by atoms with E-state index in [0.29, 0.717) is 26.1 Å². The lowest BCUT2D eigenvalue weighted by Crippen LogP contribution is -2.38. The molecule has 1 aliphatic heterocycles. The van der Waals surface area contributed by atoms with Crippen LogP contribution in [-0.4, -0.2) is 36.6 Å². The Morgan fingerprint density at radius 3 is 2.94 bits per heavy atom. The van der Waals surface area contributed by atoms with Gasteiger partial charge in [0, 0.05) is 13.1 Å². The van der Waals surface area contributed by atoms with Crippen LogP contribution in [-0.2, 0) is 9.53 Å². The second-order valence-electron chi connectivity index (χ2n) is 3.91. The van der Waals surface area contributed by atoms with Crippen LogP contribution in [0, 0.1) is 5.92 Å². The molecule has 1 heterocycles. The molecule has 0 aliphatic carbocycles. The SMILES string of the molecule is CCCCOC(=O)N1CC[C@H](C(=O)NN)C1. The van der Waals surface area contributed by atoms with Crippen LogP contribution in [0.25, 0.3) is 0 Å². The van der Waals surface area contributed by atoms with E-state index >= 15 is 0 Å². The zero-order valence-corrected chi connectivity index (χ0v) is 9.57. The molecule has 0 aromatic carbocycles. The van der Waals surface area contributed by atoms with Crippen LogP contribution >= 0.6 is 0 Å². The van der Waals surface area contributed by atoms with Gasteiger partial charge < -0.3 is 9.64 Å². The van der Waals surface area contributed by atoms with E-state index in [1.807, 2.05) is 6.92 Å². The Hall–Kier alpha value is -1.30. The molecule has 1 aliphatic rings. The highest BCUT2D eigenvalue weighted by atomic mass is 16.6. The number of nitrogens with one attached hydrogen (secondary N) is 1. The molecular weight excluding hydrogens is 210 g/mol. The van der Waals surface area contributed by atoms with E-state index < -0.39 is 0 Å². The van der Waals surface area contributed by atoms with Gasteiger partial charge in [0.15, 0.2) is 0 Å². The second-order valence-corrected chi connectivity index (χ2v) is 3.91. The maximum Gasteiger partial charge on any atom is 0.409 e. The van der Waals surface area contributed by atoms with Crippen molar-refractivity contribution in [3.05, 3.63) is 0 Å². The van der Waals surface area contributed by atoms with Gasteiger partial charge >= 0.3 is 6.09 Å². The monoisotopic (exact) mass is 229 g/mol. The van der Waals surface area contributed by atoms with Crippen molar-refractivity contribution in [2.24, 2.45) is 11.8 Å². The van der Waals surface area contributed by atoms with Crippen molar-refractivity contribution in [3.8, 4) is 0 Å². The van der Waals surface area contributed by atoms with Crippen molar-refractivity contribution in [2.75, 3.05) is 19.7 Å². The van der Waals surface area contributed by atoms with Crippen LogP contribution in [0.2, 0.25) is 0 Å². The van der Waals surface area contributed by atoms with Gasteiger partial charge in [-0.2, -0.15) is 0 Å². The molecule has 0 radical (unpaired) electrons. The van der Waals surface area contributed by atoms with Gasteiger partial charge in [-0.3, -0.25) is 10.2 Å². The van der Waals surface area contributed by atoms with E-state index in [1.54, 1.807) is 4.90 Å². The lowest BCUT2D eigenvalue weighted by Gasteiger charge is -2.15. The van der Waals surface area contributed by atoms with Gasteiger partial charge in [-0.25, -0.2) is 10.6 Å². The smallest absolute Gasteiger partial charge is 0.409 e. The molecule has 1 fully saturated rings. The maximum atomic E-state index is 11.5. The topological polar surface area (TPSA) is 84.7 Å². The number of nitrogens with zero attached hydrogens (tertiary/aromatic N) is 1. The fourth-order valence-electron chi connectivity index (χ4n) is 1.65. The Kier molecular flexibility index (Phi) is 5.04. The lowest BCUT2D eigenvalue weighted by molar-refractivity contribution is -0.124. The molecule has 6 heteroatoms. The number of unbranched alkanes of at least 4 members (excludes halogenated alkanes) is 1. The molecule has 2 amide bonds. The molecule has 3 N–H and O–H groups in total. The molecule has 92 valence electrons. The second kappa shape index (κ2) is 6.32. The Morgan fingerprint density at radius 1 is 1.56 bits per heavy atom. The van der Waals surface area contributed by atoms with Crippen LogP contribution in [0.3, 0.4) is 0 Å². The first-order valence-electron chi connectivity index (χ1n) is 5.61. The van der Waals surface area contributed by atoms with Gasteiger partial charge in [-0.15, -0.1) is 0 Å². The molecule has 6 nitrogen and oxygen atoms in total. The van der Waals surface area contributed by atoms with E-state index in [1.165, 1.54) is 0 Å². The van der Waals surface area contributed by atoms with Gasteiger partial charge in [-0.05, 0) is 12.8 Å². The minimum Gasteiger partial charge on any atom is -0.449 e. The third-order valence-corrected chi connectivity index (χ3v) is 2.68. The largest absolute Gasteiger partial charge is 0.449 e.